The van der Waals surface area contributed by atoms with Crippen LogP contribution >= 0.6 is 0 Å². The van der Waals surface area contributed by atoms with Gasteiger partial charge in [-0.2, -0.15) is 0 Å². The molecule has 0 saturated carbocycles. The van der Waals surface area contributed by atoms with Crippen molar-refractivity contribution in [2.24, 2.45) is 0 Å². The number of esters is 1. The number of hydrogen-bond donors (Lipinski definition) is 2. The van der Waals surface area contributed by atoms with Gasteiger partial charge in [0.25, 0.3) is 5.91 Å². The first kappa shape index (κ1) is 15.7. The van der Waals surface area contributed by atoms with Crippen molar-refractivity contribution in [3.8, 4) is 0 Å². The van der Waals surface area contributed by atoms with E-state index in [1.165, 1.54) is 7.11 Å². The molecular weight excluding hydrogens is 288 g/mol. The second-order valence-corrected chi connectivity index (χ2v) is 4.51. The lowest BCUT2D eigenvalue weighted by Gasteiger charge is -2.08. The molecule has 0 saturated heterocycles. The van der Waals surface area contributed by atoms with E-state index < -0.39 is 24.0 Å². The highest BCUT2D eigenvalue weighted by Crippen LogP contribution is 2.15. The molecule has 7 nitrogen and oxygen atoms in total. The highest BCUT2D eigenvalue weighted by atomic mass is 16.5. The van der Waals surface area contributed by atoms with Crippen molar-refractivity contribution in [2.75, 3.05) is 26.9 Å². The zero-order valence-electron chi connectivity index (χ0n) is 12.0. The molecule has 2 aromatic rings. The molecule has 0 bridgehead atoms. The van der Waals surface area contributed by atoms with Crippen LogP contribution in [-0.4, -0.2) is 43.7 Å². The number of fused-ring (bicyclic) bond motifs is 1. The van der Waals surface area contributed by atoms with Gasteiger partial charge in [-0.1, -0.05) is 18.2 Å². The summed E-state index contributed by atoms with van der Waals surface area (Å²) < 4.78 is 9.73. The molecule has 0 aliphatic rings. The molecule has 7 heteroatoms. The van der Waals surface area contributed by atoms with E-state index in [2.05, 4.69) is 10.3 Å². The van der Waals surface area contributed by atoms with Crippen LogP contribution in [0.3, 0.4) is 0 Å². The number of carbonyl (C=O) groups excluding carboxylic acids is 2. The molecule has 2 N–H and O–H groups in total. The number of H-pyrrole nitrogens is 1. The summed E-state index contributed by atoms with van der Waals surface area (Å²) in [5.74, 6) is -1.15. The summed E-state index contributed by atoms with van der Waals surface area (Å²) in [5, 5.41) is 3.09. The highest BCUT2D eigenvalue weighted by molar-refractivity contribution is 6.03. The van der Waals surface area contributed by atoms with Crippen LogP contribution in [0.15, 0.2) is 35.1 Å². The van der Waals surface area contributed by atoms with Gasteiger partial charge in [0.2, 0.25) is 5.56 Å². The minimum absolute atomic E-state index is 0.129. The van der Waals surface area contributed by atoms with Crippen LogP contribution in [0, 0.1) is 0 Å². The van der Waals surface area contributed by atoms with Gasteiger partial charge in [-0.15, -0.1) is 0 Å². The normalized spacial score (nSPS) is 10.4. The van der Waals surface area contributed by atoms with Gasteiger partial charge in [-0.25, -0.2) is 4.79 Å². The van der Waals surface area contributed by atoms with Gasteiger partial charge in [0.1, 0.15) is 0 Å². The standard InChI is InChI=1S/C15H16N2O5/c1-21-7-6-16-14(19)9-22-15(20)11-8-13(18)17-12-5-3-2-4-10(11)12/h2-5,8H,6-7,9H2,1H3,(H,16,19)(H,17,18). The number of methoxy groups -OCH3 is 1. The van der Waals surface area contributed by atoms with Crippen LogP contribution in [0.2, 0.25) is 0 Å². The zero-order valence-corrected chi connectivity index (χ0v) is 12.0. The smallest absolute Gasteiger partial charge is 0.339 e. The Labute approximate surface area is 126 Å². The van der Waals surface area contributed by atoms with Crippen LogP contribution in [-0.2, 0) is 14.3 Å². The first-order valence-corrected chi connectivity index (χ1v) is 6.66. The summed E-state index contributed by atoms with van der Waals surface area (Å²) in [4.78, 5) is 37.7. The van der Waals surface area contributed by atoms with Crippen LogP contribution in [0.5, 0.6) is 0 Å². The second kappa shape index (κ2) is 7.37. The quantitative estimate of drug-likeness (QED) is 0.596. The molecule has 1 heterocycles. The summed E-state index contributed by atoms with van der Waals surface area (Å²) in [7, 11) is 1.52. The number of pyridine rings is 1. The molecule has 0 fully saturated rings. The molecular formula is C15H16N2O5. The summed E-state index contributed by atoms with van der Waals surface area (Å²) in [6, 6.07) is 8.03. The Hall–Kier alpha value is -2.67. The molecule has 1 aromatic carbocycles. The average Bonchev–Trinajstić information content (AvgIpc) is 2.52. The summed E-state index contributed by atoms with van der Waals surface area (Å²) in [6.07, 6.45) is 0. The molecule has 0 aliphatic heterocycles. The summed E-state index contributed by atoms with van der Waals surface area (Å²) in [5.41, 5.74) is 0.255. The van der Waals surface area contributed by atoms with Crippen molar-refractivity contribution in [1.82, 2.24) is 10.3 Å². The predicted octanol–water partition coefficient (Wildman–Crippen LogP) is 0.447. The van der Waals surface area contributed by atoms with Gasteiger partial charge in [0.05, 0.1) is 12.2 Å². The maximum atomic E-state index is 12.1. The highest BCUT2D eigenvalue weighted by Gasteiger charge is 2.14. The number of aromatic nitrogens is 1. The van der Waals surface area contributed by atoms with Crippen molar-refractivity contribution in [3.63, 3.8) is 0 Å². The van der Waals surface area contributed by atoms with E-state index in [0.717, 1.165) is 6.07 Å². The maximum Gasteiger partial charge on any atom is 0.339 e. The largest absolute Gasteiger partial charge is 0.452 e. The van der Waals surface area contributed by atoms with Gasteiger partial charge in [0.15, 0.2) is 6.61 Å². The van der Waals surface area contributed by atoms with Crippen molar-refractivity contribution >= 4 is 22.8 Å². The van der Waals surface area contributed by atoms with Gasteiger partial charge in [0, 0.05) is 30.6 Å². The number of hydrogen-bond acceptors (Lipinski definition) is 5. The number of carbonyl (C=O) groups is 2. The second-order valence-electron chi connectivity index (χ2n) is 4.51. The van der Waals surface area contributed by atoms with Crippen molar-refractivity contribution < 1.29 is 19.1 Å². The fraction of sp³-hybridized carbons (Fsp3) is 0.267. The third-order valence-electron chi connectivity index (χ3n) is 2.93. The van der Waals surface area contributed by atoms with Crippen LogP contribution in [0.1, 0.15) is 10.4 Å². The van der Waals surface area contributed by atoms with E-state index in [9.17, 15) is 14.4 Å². The van der Waals surface area contributed by atoms with E-state index in [4.69, 9.17) is 9.47 Å². The number of aromatic amines is 1. The van der Waals surface area contributed by atoms with Gasteiger partial charge >= 0.3 is 5.97 Å². The van der Waals surface area contributed by atoms with E-state index in [-0.39, 0.29) is 5.56 Å². The third-order valence-corrected chi connectivity index (χ3v) is 2.93. The molecule has 116 valence electrons. The van der Waals surface area contributed by atoms with E-state index >= 15 is 0 Å². The molecule has 0 atom stereocenters. The van der Waals surface area contributed by atoms with Crippen molar-refractivity contribution in [2.45, 2.75) is 0 Å². The molecule has 1 amide bonds. The first-order valence-electron chi connectivity index (χ1n) is 6.66. The number of ether oxygens (including phenoxy) is 2. The minimum atomic E-state index is -0.718. The number of para-hydroxylation sites is 1. The number of rotatable bonds is 6. The zero-order chi connectivity index (χ0) is 15.9. The van der Waals surface area contributed by atoms with Gasteiger partial charge in [-0.3, -0.25) is 9.59 Å². The Balaban J connectivity index is 2.07. The van der Waals surface area contributed by atoms with Gasteiger partial charge in [-0.05, 0) is 6.07 Å². The Morgan fingerprint density at radius 3 is 2.82 bits per heavy atom. The Bertz CT molecular complexity index is 738. The average molecular weight is 304 g/mol. The fourth-order valence-corrected chi connectivity index (χ4v) is 1.93. The van der Waals surface area contributed by atoms with Crippen molar-refractivity contribution in [1.29, 1.82) is 0 Å². The lowest BCUT2D eigenvalue weighted by atomic mass is 10.1. The number of amides is 1. The summed E-state index contributed by atoms with van der Waals surface area (Å²) >= 11 is 0. The Morgan fingerprint density at radius 2 is 2.05 bits per heavy atom. The lowest BCUT2D eigenvalue weighted by molar-refractivity contribution is -0.124. The SMILES string of the molecule is COCCNC(=O)COC(=O)c1cc(=O)[nH]c2ccccc12. The number of benzene rings is 1. The minimum Gasteiger partial charge on any atom is -0.452 e. The Kier molecular flexibility index (Phi) is 5.26. The molecule has 0 unspecified atom stereocenters. The molecule has 1 aromatic heterocycles. The molecule has 0 radical (unpaired) electrons. The predicted molar refractivity (Wildman–Crippen MR) is 79.7 cm³/mol. The fourth-order valence-electron chi connectivity index (χ4n) is 1.93. The van der Waals surface area contributed by atoms with E-state index in [1.54, 1.807) is 24.3 Å². The molecule has 22 heavy (non-hydrogen) atoms. The van der Waals surface area contributed by atoms with Crippen molar-refractivity contribution in [3.05, 3.63) is 46.2 Å². The third kappa shape index (κ3) is 3.92. The molecule has 2 rings (SSSR count). The topological polar surface area (TPSA) is 97.5 Å². The van der Waals surface area contributed by atoms with Crippen LogP contribution < -0.4 is 10.9 Å². The summed E-state index contributed by atoms with van der Waals surface area (Å²) in [6.45, 7) is 0.295. The first-order chi connectivity index (χ1) is 10.6. The van der Waals surface area contributed by atoms with Crippen LogP contribution in [0.25, 0.3) is 10.9 Å². The monoisotopic (exact) mass is 304 g/mol. The lowest BCUT2D eigenvalue weighted by Crippen LogP contribution is -2.31. The Morgan fingerprint density at radius 1 is 1.27 bits per heavy atom. The van der Waals surface area contributed by atoms with E-state index in [1.807, 2.05) is 0 Å². The van der Waals surface area contributed by atoms with E-state index in [0.29, 0.717) is 24.1 Å². The van der Waals surface area contributed by atoms with Gasteiger partial charge < -0.3 is 19.8 Å². The molecule has 0 spiro atoms. The number of nitrogens with one attached hydrogen (secondary N) is 2. The van der Waals surface area contributed by atoms with Crippen LogP contribution in [0.4, 0.5) is 0 Å². The maximum absolute atomic E-state index is 12.1. The molecule has 0 aliphatic carbocycles.